The fourth-order valence-corrected chi connectivity index (χ4v) is 3.17. The molecule has 1 aliphatic rings. The Kier molecular flexibility index (Phi) is 5.52. The van der Waals surface area contributed by atoms with Crippen molar-refractivity contribution in [2.45, 2.75) is 25.8 Å². The van der Waals surface area contributed by atoms with E-state index in [4.69, 9.17) is 27.9 Å². The van der Waals surface area contributed by atoms with E-state index in [1.807, 2.05) is 37.1 Å². The molecular weight excluding hydrogens is 359 g/mol. The summed E-state index contributed by atoms with van der Waals surface area (Å²) in [4.78, 5) is 13.9. The molecule has 3 rings (SSSR count). The van der Waals surface area contributed by atoms with Crippen molar-refractivity contribution in [2.24, 2.45) is 0 Å². The second kappa shape index (κ2) is 7.65. The largest absolute Gasteiger partial charge is 0.457 e. The molecule has 2 aromatic carbocycles. The molecule has 1 atom stereocenters. The number of amides is 1. The quantitative estimate of drug-likeness (QED) is 0.777. The summed E-state index contributed by atoms with van der Waals surface area (Å²) in [6.07, 6.45) is 1.51. The van der Waals surface area contributed by atoms with Crippen LogP contribution in [0.25, 0.3) is 0 Å². The minimum atomic E-state index is 0.0652. The van der Waals surface area contributed by atoms with Gasteiger partial charge in [0, 0.05) is 36.3 Å². The standard InChI is InChI=1S/C19H20Cl2N2O2/c1-12(22-2)15-10-13(23-9-3-4-19(23)24)5-8-18(15)25-14-6-7-16(20)17(21)11-14/h5-8,10-12,22H,3-4,9H2,1-2H3. The first-order valence-electron chi connectivity index (χ1n) is 8.24. The molecule has 25 heavy (non-hydrogen) atoms. The fraction of sp³-hybridized carbons (Fsp3) is 0.316. The highest BCUT2D eigenvalue weighted by atomic mass is 35.5. The summed E-state index contributed by atoms with van der Waals surface area (Å²) in [5.74, 6) is 1.50. The van der Waals surface area contributed by atoms with E-state index in [0.717, 1.165) is 30.0 Å². The lowest BCUT2D eigenvalue weighted by molar-refractivity contribution is -0.117. The zero-order chi connectivity index (χ0) is 18.0. The topological polar surface area (TPSA) is 41.6 Å². The molecule has 1 saturated heterocycles. The van der Waals surface area contributed by atoms with Gasteiger partial charge in [0.05, 0.1) is 10.0 Å². The molecule has 2 aromatic rings. The number of carbonyl (C=O) groups is 1. The first-order valence-corrected chi connectivity index (χ1v) is 8.99. The highest BCUT2D eigenvalue weighted by Gasteiger charge is 2.23. The maximum Gasteiger partial charge on any atom is 0.227 e. The normalized spacial score (nSPS) is 15.5. The van der Waals surface area contributed by atoms with Gasteiger partial charge in [0.1, 0.15) is 11.5 Å². The van der Waals surface area contributed by atoms with Gasteiger partial charge in [-0.3, -0.25) is 4.79 Å². The van der Waals surface area contributed by atoms with Crippen LogP contribution in [0.1, 0.15) is 31.4 Å². The van der Waals surface area contributed by atoms with Crippen molar-refractivity contribution in [3.63, 3.8) is 0 Å². The number of carbonyl (C=O) groups excluding carboxylic acids is 1. The van der Waals surface area contributed by atoms with Gasteiger partial charge < -0.3 is 15.0 Å². The number of nitrogens with zero attached hydrogens (tertiary/aromatic N) is 1. The van der Waals surface area contributed by atoms with E-state index in [1.165, 1.54) is 0 Å². The van der Waals surface area contributed by atoms with Gasteiger partial charge in [-0.2, -0.15) is 0 Å². The number of benzene rings is 2. The summed E-state index contributed by atoms with van der Waals surface area (Å²) in [6.45, 7) is 2.81. The summed E-state index contributed by atoms with van der Waals surface area (Å²) >= 11 is 12.0. The summed E-state index contributed by atoms with van der Waals surface area (Å²) < 4.78 is 6.03. The molecule has 1 N–H and O–H groups in total. The lowest BCUT2D eigenvalue weighted by atomic mass is 10.1. The Hall–Kier alpha value is -1.75. The van der Waals surface area contributed by atoms with Crippen LogP contribution in [0, 0.1) is 0 Å². The van der Waals surface area contributed by atoms with Crippen molar-refractivity contribution in [2.75, 3.05) is 18.5 Å². The Labute approximate surface area is 157 Å². The van der Waals surface area contributed by atoms with Crippen LogP contribution in [0.4, 0.5) is 5.69 Å². The smallest absolute Gasteiger partial charge is 0.227 e. The van der Waals surface area contributed by atoms with E-state index in [1.54, 1.807) is 18.2 Å². The van der Waals surface area contributed by atoms with Crippen molar-refractivity contribution in [1.82, 2.24) is 5.32 Å². The zero-order valence-corrected chi connectivity index (χ0v) is 15.7. The maximum absolute atomic E-state index is 12.0. The highest BCUT2D eigenvalue weighted by molar-refractivity contribution is 6.42. The van der Waals surface area contributed by atoms with Gasteiger partial charge in [-0.15, -0.1) is 0 Å². The molecule has 0 saturated carbocycles. The molecule has 6 heteroatoms. The lowest BCUT2D eigenvalue weighted by Crippen LogP contribution is -2.24. The van der Waals surface area contributed by atoms with Gasteiger partial charge in [-0.25, -0.2) is 0 Å². The second-order valence-corrected chi connectivity index (χ2v) is 6.87. The van der Waals surface area contributed by atoms with Crippen molar-refractivity contribution >= 4 is 34.8 Å². The fourth-order valence-electron chi connectivity index (χ4n) is 2.88. The van der Waals surface area contributed by atoms with Crippen LogP contribution in [-0.4, -0.2) is 19.5 Å². The third-order valence-corrected chi connectivity index (χ3v) is 5.14. The lowest BCUT2D eigenvalue weighted by Gasteiger charge is -2.21. The van der Waals surface area contributed by atoms with E-state index in [2.05, 4.69) is 5.32 Å². The average Bonchev–Trinajstić information content (AvgIpc) is 3.04. The Morgan fingerprint density at radius 2 is 1.96 bits per heavy atom. The van der Waals surface area contributed by atoms with Crippen LogP contribution in [0.2, 0.25) is 10.0 Å². The molecule has 0 aliphatic carbocycles. The molecule has 1 aliphatic heterocycles. The van der Waals surface area contributed by atoms with Crippen LogP contribution in [0.5, 0.6) is 11.5 Å². The third-order valence-electron chi connectivity index (χ3n) is 4.40. The van der Waals surface area contributed by atoms with Crippen LogP contribution < -0.4 is 15.0 Å². The Balaban J connectivity index is 1.94. The summed E-state index contributed by atoms with van der Waals surface area (Å²) in [6, 6.07) is 11.1. The minimum Gasteiger partial charge on any atom is -0.457 e. The van der Waals surface area contributed by atoms with Crippen LogP contribution >= 0.6 is 23.2 Å². The number of hydrogen-bond donors (Lipinski definition) is 1. The van der Waals surface area contributed by atoms with Gasteiger partial charge in [-0.1, -0.05) is 23.2 Å². The summed E-state index contributed by atoms with van der Waals surface area (Å²) in [5, 5.41) is 4.16. The number of ether oxygens (including phenoxy) is 1. The van der Waals surface area contributed by atoms with Crippen molar-refractivity contribution in [1.29, 1.82) is 0 Å². The number of halogens is 2. The van der Waals surface area contributed by atoms with E-state index in [9.17, 15) is 4.79 Å². The zero-order valence-electron chi connectivity index (χ0n) is 14.2. The molecule has 132 valence electrons. The minimum absolute atomic E-state index is 0.0652. The van der Waals surface area contributed by atoms with Crippen molar-refractivity contribution in [3.05, 3.63) is 52.0 Å². The van der Waals surface area contributed by atoms with Gasteiger partial charge in [0.25, 0.3) is 0 Å². The molecule has 4 nitrogen and oxygen atoms in total. The molecule has 1 heterocycles. The second-order valence-electron chi connectivity index (χ2n) is 6.06. The highest BCUT2D eigenvalue weighted by Crippen LogP contribution is 2.36. The molecule has 0 radical (unpaired) electrons. The van der Waals surface area contributed by atoms with E-state index < -0.39 is 0 Å². The van der Waals surface area contributed by atoms with Gasteiger partial charge in [0.2, 0.25) is 5.91 Å². The summed E-state index contributed by atoms with van der Waals surface area (Å²) in [7, 11) is 1.89. The van der Waals surface area contributed by atoms with E-state index in [-0.39, 0.29) is 11.9 Å². The molecule has 1 amide bonds. The molecule has 1 unspecified atom stereocenters. The maximum atomic E-state index is 12.0. The number of rotatable bonds is 5. The predicted octanol–water partition coefficient (Wildman–Crippen LogP) is 5.19. The van der Waals surface area contributed by atoms with Crippen molar-refractivity contribution < 1.29 is 9.53 Å². The van der Waals surface area contributed by atoms with Crippen LogP contribution in [-0.2, 0) is 4.79 Å². The van der Waals surface area contributed by atoms with Gasteiger partial charge >= 0.3 is 0 Å². The average molecular weight is 379 g/mol. The van der Waals surface area contributed by atoms with Crippen LogP contribution in [0.3, 0.4) is 0 Å². The summed E-state index contributed by atoms with van der Waals surface area (Å²) in [5.41, 5.74) is 1.88. The van der Waals surface area contributed by atoms with Gasteiger partial charge in [-0.05, 0) is 50.7 Å². The molecule has 0 aromatic heterocycles. The van der Waals surface area contributed by atoms with Gasteiger partial charge in [0.15, 0.2) is 0 Å². The SMILES string of the molecule is CNC(C)c1cc(N2CCCC2=O)ccc1Oc1ccc(Cl)c(Cl)c1. The molecule has 0 spiro atoms. The monoisotopic (exact) mass is 378 g/mol. The first kappa shape index (κ1) is 18.1. The number of nitrogens with one attached hydrogen (secondary N) is 1. The number of anilines is 1. The Morgan fingerprint density at radius 3 is 2.60 bits per heavy atom. The van der Waals surface area contributed by atoms with E-state index in [0.29, 0.717) is 22.2 Å². The van der Waals surface area contributed by atoms with Crippen molar-refractivity contribution in [3.8, 4) is 11.5 Å². The number of hydrogen-bond acceptors (Lipinski definition) is 3. The Morgan fingerprint density at radius 1 is 1.16 bits per heavy atom. The van der Waals surface area contributed by atoms with Crippen LogP contribution in [0.15, 0.2) is 36.4 Å². The van der Waals surface area contributed by atoms with E-state index >= 15 is 0 Å². The first-order chi connectivity index (χ1) is 12.0. The molecular formula is C19H20Cl2N2O2. The molecule has 0 bridgehead atoms. The third kappa shape index (κ3) is 3.92. The Bertz CT molecular complexity index is 795. The molecule has 1 fully saturated rings. The predicted molar refractivity (Wildman–Crippen MR) is 102 cm³/mol.